The van der Waals surface area contributed by atoms with E-state index in [0.717, 1.165) is 12.0 Å². The summed E-state index contributed by atoms with van der Waals surface area (Å²) < 4.78 is 10.3. The number of methoxy groups -OCH3 is 1. The molecule has 0 aliphatic heterocycles. The molecule has 3 aromatic rings. The van der Waals surface area contributed by atoms with Gasteiger partial charge < -0.3 is 19.9 Å². The molecule has 9 heteroatoms. The summed E-state index contributed by atoms with van der Waals surface area (Å²) in [6.45, 7) is 9.41. The highest BCUT2D eigenvalue weighted by Gasteiger charge is 2.34. The van der Waals surface area contributed by atoms with Gasteiger partial charge in [-0.05, 0) is 69.5 Å². The Bertz CT molecular complexity index is 1240. The van der Waals surface area contributed by atoms with Crippen LogP contribution < -0.4 is 20.3 Å². The van der Waals surface area contributed by atoms with Crippen molar-refractivity contribution in [2.24, 2.45) is 0 Å². The summed E-state index contributed by atoms with van der Waals surface area (Å²) in [5.74, 6) is 0.392. The number of aryl methyl sites for hydroxylation is 2. The normalized spacial score (nSPS) is 11.9. The van der Waals surface area contributed by atoms with E-state index in [4.69, 9.17) is 9.26 Å². The van der Waals surface area contributed by atoms with E-state index in [1.54, 1.807) is 44.4 Å². The van der Waals surface area contributed by atoms with Crippen LogP contribution in [0.25, 0.3) is 0 Å². The minimum Gasteiger partial charge on any atom is -0.497 e. The van der Waals surface area contributed by atoms with E-state index in [1.807, 2.05) is 52.0 Å². The first-order valence-electron chi connectivity index (χ1n) is 12.6. The quantitative estimate of drug-likeness (QED) is 0.391. The summed E-state index contributed by atoms with van der Waals surface area (Å²) in [6.07, 6.45) is 0.625. The van der Waals surface area contributed by atoms with Crippen molar-refractivity contribution in [3.05, 3.63) is 71.5 Å². The molecule has 1 heterocycles. The van der Waals surface area contributed by atoms with Gasteiger partial charge in [0.25, 0.3) is 0 Å². The number of nitrogens with zero attached hydrogens (tertiary/aromatic N) is 2. The lowest BCUT2D eigenvalue weighted by Gasteiger charge is -2.34. The highest BCUT2D eigenvalue weighted by molar-refractivity contribution is 6.03. The minimum atomic E-state index is -0.971. The van der Waals surface area contributed by atoms with Crippen LogP contribution in [0.5, 0.6) is 5.75 Å². The Kier molecular flexibility index (Phi) is 9.28. The summed E-state index contributed by atoms with van der Waals surface area (Å²) in [7, 11) is 1.56. The molecule has 3 rings (SSSR count). The number of anilines is 2. The van der Waals surface area contributed by atoms with E-state index < -0.39 is 11.6 Å². The molecule has 0 fully saturated rings. The summed E-state index contributed by atoms with van der Waals surface area (Å²) in [5.41, 5.74) is 1.74. The number of amides is 3. The van der Waals surface area contributed by atoms with E-state index in [1.165, 1.54) is 4.90 Å². The van der Waals surface area contributed by atoms with E-state index in [9.17, 15) is 14.4 Å². The number of ether oxygens (including phenoxy) is 1. The number of rotatable bonds is 10. The van der Waals surface area contributed by atoms with Gasteiger partial charge in [-0.15, -0.1) is 0 Å². The number of aromatic nitrogens is 1. The zero-order chi connectivity index (χ0) is 27.9. The molecule has 9 nitrogen and oxygen atoms in total. The summed E-state index contributed by atoms with van der Waals surface area (Å²) in [4.78, 5) is 41.5. The highest BCUT2D eigenvalue weighted by atomic mass is 16.5. The Balaban J connectivity index is 1.96. The zero-order valence-corrected chi connectivity index (χ0v) is 22.8. The van der Waals surface area contributed by atoms with Crippen molar-refractivity contribution >= 4 is 29.2 Å². The molecule has 1 aromatic heterocycles. The highest BCUT2D eigenvalue weighted by Crippen LogP contribution is 2.31. The second-order valence-electron chi connectivity index (χ2n) is 10.1. The Hall–Kier alpha value is -4.14. The van der Waals surface area contributed by atoms with Crippen LogP contribution in [0.3, 0.4) is 0 Å². The monoisotopic (exact) mass is 520 g/mol. The van der Waals surface area contributed by atoms with Gasteiger partial charge in [-0.1, -0.05) is 36.3 Å². The standard InChI is InChI=1S/C29H36N4O5/c1-7-20-8-12-22(13-9-20)33(26(35)17-16-25(34)30-24-18-19(2)38-32-24)27(28(36)31-29(3,4)5)21-10-14-23(37-6)15-11-21/h8-15,18,27H,7,16-17H2,1-6H3,(H,31,36)(H,30,32,34)/t27-/m1/s1. The first-order chi connectivity index (χ1) is 18.0. The molecule has 202 valence electrons. The van der Waals surface area contributed by atoms with Crippen molar-refractivity contribution in [3.8, 4) is 5.75 Å². The van der Waals surface area contributed by atoms with Gasteiger partial charge in [0.2, 0.25) is 17.7 Å². The van der Waals surface area contributed by atoms with Crippen LogP contribution in [0, 0.1) is 6.92 Å². The van der Waals surface area contributed by atoms with Crippen molar-refractivity contribution in [3.63, 3.8) is 0 Å². The largest absolute Gasteiger partial charge is 0.497 e. The van der Waals surface area contributed by atoms with Gasteiger partial charge in [0.05, 0.1) is 7.11 Å². The fourth-order valence-corrected chi connectivity index (χ4v) is 3.94. The molecule has 2 N–H and O–H groups in total. The molecular formula is C29H36N4O5. The van der Waals surface area contributed by atoms with Gasteiger partial charge in [0, 0.05) is 30.1 Å². The number of carbonyl (C=O) groups is 3. The van der Waals surface area contributed by atoms with Gasteiger partial charge >= 0.3 is 0 Å². The van der Waals surface area contributed by atoms with Crippen LogP contribution in [-0.4, -0.2) is 35.5 Å². The average Bonchev–Trinajstić information content (AvgIpc) is 3.29. The fraction of sp³-hybridized carbons (Fsp3) is 0.379. The molecule has 2 aromatic carbocycles. The number of benzene rings is 2. The number of carbonyl (C=O) groups excluding carboxylic acids is 3. The Morgan fingerprint density at radius 2 is 1.68 bits per heavy atom. The van der Waals surface area contributed by atoms with E-state index in [2.05, 4.69) is 15.8 Å². The number of nitrogens with one attached hydrogen (secondary N) is 2. The summed E-state index contributed by atoms with van der Waals surface area (Å²) in [6, 6.07) is 15.2. The molecule has 0 aliphatic rings. The Labute approximate surface area is 223 Å². The van der Waals surface area contributed by atoms with Crippen LogP contribution in [0.1, 0.15) is 63.5 Å². The summed E-state index contributed by atoms with van der Waals surface area (Å²) >= 11 is 0. The molecule has 3 amide bonds. The Morgan fingerprint density at radius 3 is 2.21 bits per heavy atom. The molecule has 0 unspecified atom stereocenters. The predicted octanol–water partition coefficient (Wildman–Crippen LogP) is 4.96. The van der Waals surface area contributed by atoms with Crippen molar-refractivity contribution in [2.45, 2.75) is 65.5 Å². The molecule has 0 saturated heterocycles. The van der Waals surface area contributed by atoms with Crippen LogP contribution >= 0.6 is 0 Å². The van der Waals surface area contributed by atoms with Crippen molar-refractivity contribution in [1.82, 2.24) is 10.5 Å². The molecule has 0 bridgehead atoms. The van der Waals surface area contributed by atoms with E-state index >= 15 is 0 Å². The van der Waals surface area contributed by atoms with Crippen LogP contribution in [0.15, 0.2) is 59.1 Å². The Morgan fingerprint density at radius 1 is 1.03 bits per heavy atom. The maximum absolute atomic E-state index is 13.8. The molecule has 1 atom stereocenters. The van der Waals surface area contributed by atoms with Crippen LogP contribution in [0.2, 0.25) is 0 Å². The van der Waals surface area contributed by atoms with Crippen molar-refractivity contribution in [2.75, 3.05) is 17.3 Å². The third kappa shape index (κ3) is 7.68. The third-order valence-electron chi connectivity index (χ3n) is 5.79. The van der Waals surface area contributed by atoms with Crippen LogP contribution in [0.4, 0.5) is 11.5 Å². The molecule has 0 radical (unpaired) electrons. The molecule has 38 heavy (non-hydrogen) atoms. The number of hydrogen-bond donors (Lipinski definition) is 2. The van der Waals surface area contributed by atoms with Gasteiger partial charge in [0.1, 0.15) is 17.6 Å². The lowest BCUT2D eigenvalue weighted by Crippen LogP contribution is -2.49. The molecule has 0 spiro atoms. The molecular weight excluding hydrogens is 484 g/mol. The lowest BCUT2D eigenvalue weighted by molar-refractivity contribution is -0.128. The molecule has 0 aliphatic carbocycles. The SMILES string of the molecule is CCc1ccc(N(C(=O)CCC(=O)Nc2cc(C)on2)[C@@H](C(=O)NC(C)(C)C)c2ccc(OC)cc2)cc1. The average molecular weight is 521 g/mol. The topological polar surface area (TPSA) is 114 Å². The third-order valence-corrected chi connectivity index (χ3v) is 5.79. The van der Waals surface area contributed by atoms with Gasteiger partial charge in [-0.2, -0.15) is 0 Å². The first kappa shape index (κ1) is 28.4. The molecule has 0 saturated carbocycles. The van der Waals surface area contributed by atoms with Crippen molar-refractivity contribution < 1.29 is 23.6 Å². The maximum atomic E-state index is 13.8. The second kappa shape index (κ2) is 12.4. The zero-order valence-electron chi connectivity index (χ0n) is 22.8. The summed E-state index contributed by atoms with van der Waals surface area (Å²) in [5, 5.41) is 9.40. The van der Waals surface area contributed by atoms with Crippen molar-refractivity contribution in [1.29, 1.82) is 0 Å². The lowest BCUT2D eigenvalue weighted by atomic mass is 9.99. The van der Waals surface area contributed by atoms with Crippen LogP contribution in [-0.2, 0) is 20.8 Å². The first-order valence-corrected chi connectivity index (χ1v) is 12.6. The predicted molar refractivity (Wildman–Crippen MR) is 146 cm³/mol. The maximum Gasteiger partial charge on any atom is 0.248 e. The minimum absolute atomic E-state index is 0.0928. The van der Waals surface area contributed by atoms with Gasteiger partial charge in [-0.3, -0.25) is 19.3 Å². The van der Waals surface area contributed by atoms with E-state index in [0.29, 0.717) is 22.8 Å². The van der Waals surface area contributed by atoms with Gasteiger partial charge in [-0.25, -0.2) is 0 Å². The number of hydrogen-bond acceptors (Lipinski definition) is 6. The second-order valence-corrected chi connectivity index (χ2v) is 10.1. The van der Waals surface area contributed by atoms with E-state index in [-0.39, 0.29) is 36.4 Å². The fourth-order valence-electron chi connectivity index (χ4n) is 3.94. The van der Waals surface area contributed by atoms with Gasteiger partial charge in [0.15, 0.2) is 5.82 Å². The smallest absolute Gasteiger partial charge is 0.248 e.